The molecule has 0 saturated heterocycles. The zero-order chi connectivity index (χ0) is 14.6. The van der Waals surface area contributed by atoms with Crippen LogP contribution in [-0.4, -0.2) is 87.3 Å². The Bertz CT molecular complexity index is 150. The predicted molar refractivity (Wildman–Crippen MR) is 83.0 cm³/mol. The molecule has 0 aliphatic carbocycles. The van der Waals surface area contributed by atoms with E-state index in [0.717, 1.165) is 39.5 Å². The third-order valence-electron chi connectivity index (χ3n) is 2.94. The first-order chi connectivity index (χ1) is 8.40. The number of hydrogen-bond donors (Lipinski definition) is 0. The maximum absolute atomic E-state index is 2.38. The van der Waals surface area contributed by atoms with Crippen LogP contribution in [0.4, 0.5) is 0 Å². The van der Waals surface area contributed by atoms with Gasteiger partial charge in [-0.05, 0) is 54.4 Å². The van der Waals surface area contributed by atoms with Gasteiger partial charge in [0, 0.05) is 13.3 Å². The van der Waals surface area contributed by atoms with Gasteiger partial charge in [-0.1, -0.05) is 27.7 Å². The number of nitrogens with zero attached hydrogens (tertiary/aromatic N) is 4. The monoisotopic (exact) mass is 260 g/mol. The lowest BCUT2D eigenvalue weighted by Gasteiger charge is -2.22. The molecule has 4 heteroatoms. The van der Waals surface area contributed by atoms with Crippen molar-refractivity contribution >= 4 is 0 Å². The van der Waals surface area contributed by atoms with E-state index in [4.69, 9.17) is 0 Å². The Labute approximate surface area is 116 Å². The molecule has 0 saturated carbocycles. The van der Waals surface area contributed by atoms with Gasteiger partial charge < -0.3 is 0 Å². The van der Waals surface area contributed by atoms with E-state index in [9.17, 15) is 0 Å². The van der Waals surface area contributed by atoms with Crippen LogP contribution in [-0.2, 0) is 0 Å². The molecule has 0 atom stereocenters. The Morgan fingerprint density at radius 2 is 0.944 bits per heavy atom. The van der Waals surface area contributed by atoms with Crippen LogP contribution in [0.25, 0.3) is 0 Å². The molecule has 0 spiro atoms. The van der Waals surface area contributed by atoms with Gasteiger partial charge in [-0.15, -0.1) is 0 Å². The summed E-state index contributed by atoms with van der Waals surface area (Å²) < 4.78 is 0. The maximum Gasteiger partial charge on any atom is 0.0500 e. The lowest BCUT2D eigenvalue weighted by Crippen LogP contribution is -2.33. The molecule has 0 N–H and O–H groups in total. The number of rotatable bonds is 8. The second kappa shape index (κ2) is 13.3. The lowest BCUT2D eigenvalue weighted by molar-refractivity contribution is 0.192. The van der Waals surface area contributed by atoms with Gasteiger partial charge in [0.1, 0.15) is 0 Å². The molecule has 0 rings (SSSR count). The maximum atomic E-state index is 2.38. The summed E-state index contributed by atoms with van der Waals surface area (Å²) in [6.45, 7) is 15.4. The summed E-state index contributed by atoms with van der Waals surface area (Å²) in [6, 6.07) is 0. The second-order valence-electron chi connectivity index (χ2n) is 5.01. The molecule has 18 heavy (non-hydrogen) atoms. The van der Waals surface area contributed by atoms with E-state index >= 15 is 0 Å². The third kappa shape index (κ3) is 13.9. The Kier molecular flexibility index (Phi) is 14.9. The molecule has 0 aromatic rings. The van der Waals surface area contributed by atoms with Crippen molar-refractivity contribution in [3.05, 3.63) is 0 Å². The van der Waals surface area contributed by atoms with Gasteiger partial charge in [-0.2, -0.15) is 0 Å². The highest BCUT2D eigenvalue weighted by Crippen LogP contribution is 1.86. The van der Waals surface area contributed by atoms with Gasteiger partial charge in [0.15, 0.2) is 0 Å². The molecular weight excluding hydrogens is 224 g/mol. The summed E-state index contributed by atoms with van der Waals surface area (Å²) in [5, 5.41) is 0. The molecule has 0 aromatic carbocycles. The molecule has 0 aromatic heterocycles. The van der Waals surface area contributed by atoms with Crippen LogP contribution in [0, 0.1) is 0 Å². The average molecular weight is 260 g/mol. The Balaban J connectivity index is 0. The van der Waals surface area contributed by atoms with Crippen molar-refractivity contribution in [1.29, 1.82) is 0 Å². The minimum absolute atomic E-state index is 1.08. The quantitative estimate of drug-likeness (QED) is 0.616. The second-order valence-corrected chi connectivity index (χ2v) is 5.01. The molecule has 112 valence electrons. The fourth-order valence-electron chi connectivity index (χ4n) is 1.44. The van der Waals surface area contributed by atoms with E-state index in [0.29, 0.717) is 0 Å². The van der Waals surface area contributed by atoms with Gasteiger partial charge in [0.2, 0.25) is 0 Å². The van der Waals surface area contributed by atoms with Gasteiger partial charge in [0.25, 0.3) is 0 Å². The SMILES string of the molecule is CCN(C)CN(C)CC.CCN(CC)CN(C)C. The molecular formula is C14H36N4. The largest absolute Gasteiger partial charge is 0.297 e. The van der Waals surface area contributed by atoms with Crippen molar-refractivity contribution in [2.24, 2.45) is 0 Å². The van der Waals surface area contributed by atoms with E-state index in [2.05, 4.69) is 75.5 Å². The first kappa shape index (κ1) is 20.2. The lowest BCUT2D eigenvalue weighted by atomic mass is 10.5. The first-order valence-corrected chi connectivity index (χ1v) is 7.15. The van der Waals surface area contributed by atoms with Crippen LogP contribution in [0.2, 0.25) is 0 Å². The van der Waals surface area contributed by atoms with Crippen molar-refractivity contribution < 1.29 is 0 Å². The van der Waals surface area contributed by atoms with Crippen LogP contribution in [0.1, 0.15) is 27.7 Å². The van der Waals surface area contributed by atoms with Crippen LogP contribution < -0.4 is 0 Å². The minimum Gasteiger partial charge on any atom is -0.297 e. The van der Waals surface area contributed by atoms with Crippen LogP contribution >= 0.6 is 0 Å². The molecule has 0 radical (unpaired) electrons. The van der Waals surface area contributed by atoms with Crippen molar-refractivity contribution in [2.75, 3.05) is 67.7 Å². The number of hydrogen-bond acceptors (Lipinski definition) is 4. The third-order valence-corrected chi connectivity index (χ3v) is 2.94. The van der Waals surface area contributed by atoms with Crippen molar-refractivity contribution in [3.8, 4) is 0 Å². The van der Waals surface area contributed by atoms with Crippen LogP contribution in [0.3, 0.4) is 0 Å². The zero-order valence-corrected chi connectivity index (χ0v) is 14.0. The van der Waals surface area contributed by atoms with Gasteiger partial charge in [-0.25, -0.2) is 0 Å². The van der Waals surface area contributed by atoms with E-state index in [1.165, 1.54) is 0 Å². The molecule has 0 unspecified atom stereocenters. The molecule has 0 amide bonds. The van der Waals surface area contributed by atoms with Gasteiger partial charge >= 0.3 is 0 Å². The van der Waals surface area contributed by atoms with Crippen molar-refractivity contribution in [2.45, 2.75) is 27.7 Å². The minimum atomic E-state index is 1.08. The summed E-state index contributed by atoms with van der Waals surface area (Å²) in [6.07, 6.45) is 0. The Hall–Kier alpha value is -0.160. The van der Waals surface area contributed by atoms with E-state index < -0.39 is 0 Å². The fourth-order valence-corrected chi connectivity index (χ4v) is 1.44. The first-order valence-electron chi connectivity index (χ1n) is 7.15. The summed E-state index contributed by atoms with van der Waals surface area (Å²) >= 11 is 0. The average Bonchev–Trinajstić information content (AvgIpc) is 2.35. The molecule has 0 bridgehead atoms. The summed E-state index contributed by atoms with van der Waals surface area (Å²) in [4.78, 5) is 9.12. The standard InChI is InChI=1S/2C7H18N2/c1-5-8(3)7-9(4)6-2;1-5-9(6-2)7-8(3)4/h2*5-7H2,1-4H3. The van der Waals surface area contributed by atoms with Crippen molar-refractivity contribution in [3.63, 3.8) is 0 Å². The van der Waals surface area contributed by atoms with Crippen LogP contribution in [0.5, 0.6) is 0 Å². The highest BCUT2D eigenvalue weighted by atomic mass is 15.3. The Morgan fingerprint density at radius 3 is 1.11 bits per heavy atom. The summed E-state index contributed by atoms with van der Waals surface area (Å²) in [5.74, 6) is 0. The van der Waals surface area contributed by atoms with Gasteiger partial charge in [-0.3, -0.25) is 19.6 Å². The highest BCUT2D eigenvalue weighted by Gasteiger charge is 1.97. The Morgan fingerprint density at radius 1 is 0.556 bits per heavy atom. The molecule has 0 aliphatic rings. The molecule has 0 heterocycles. The zero-order valence-electron chi connectivity index (χ0n) is 14.0. The van der Waals surface area contributed by atoms with Gasteiger partial charge in [0.05, 0.1) is 0 Å². The fraction of sp³-hybridized carbons (Fsp3) is 1.00. The van der Waals surface area contributed by atoms with Crippen LogP contribution in [0.15, 0.2) is 0 Å². The summed E-state index contributed by atoms with van der Waals surface area (Å²) in [7, 11) is 8.45. The molecule has 0 aliphatic heterocycles. The summed E-state index contributed by atoms with van der Waals surface area (Å²) in [5.41, 5.74) is 0. The highest BCUT2D eigenvalue weighted by molar-refractivity contribution is 4.48. The topological polar surface area (TPSA) is 13.0 Å². The van der Waals surface area contributed by atoms with E-state index in [1.807, 2.05) is 0 Å². The normalized spacial score (nSPS) is 11.3. The molecule has 4 nitrogen and oxygen atoms in total. The van der Waals surface area contributed by atoms with E-state index in [1.54, 1.807) is 0 Å². The molecule has 0 fully saturated rings. The van der Waals surface area contributed by atoms with E-state index in [-0.39, 0.29) is 0 Å². The van der Waals surface area contributed by atoms with Crippen molar-refractivity contribution in [1.82, 2.24) is 19.6 Å². The predicted octanol–water partition coefficient (Wildman–Crippen LogP) is 1.69. The smallest absolute Gasteiger partial charge is 0.0500 e.